The van der Waals surface area contributed by atoms with Gasteiger partial charge in [-0.2, -0.15) is 5.26 Å². The van der Waals surface area contributed by atoms with Crippen LogP contribution in [0.1, 0.15) is 42.0 Å². The van der Waals surface area contributed by atoms with Crippen LogP contribution in [0.25, 0.3) is 0 Å². The van der Waals surface area contributed by atoms with Crippen LogP contribution in [0.15, 0.2) is 54.6 Å². The van der Waals surface area contributed by atoms with E-state index in [-0.39, 0.29) is 0 Å². The molecule has 3 atom stereocenters. The van der Waals surface area contributed by atoms with Crippen molar-refractivity contribution in [1.29, 1.82) is 5.26 Å². The highest BCUT2D eigenvalue weighted by molar-refractivity contribution is 5.33. The van der Waals surface area contributed by atoms with Gasteiger partial charge >= 0.3 is 0 Å². The summed E-state index contributed by atoms with van der Waals surface area (Å²) < 4.78 is 0. The van der Waals surface area contributed by atoms with Crippen molar-refractivity contribution < 1.29 is 0 Å². The standard InChI is InChI=1S/C18H18N2/c1-13(15-9-7-14(12-19)8-10-15)20-18-11-17(18)16-5-3-2-4-6-16/h2-10,13,17-18,20H,11H2,1H3. The Morgan fingerprint density at radius 1 is 1.10 bits per heavy atom. The Kier molecular flexibility index (Phi) is 3.54. The number of hydrogen-bond acceptors (Lipinski definition) is 2. The van der Waals surface area contributed by atoms with E-state index in [1.807, 2.05) is 24.3 Å². The molecular formula is C18H18N2. The Morgan fingerprint density at radius 2 is 1.80 bits per heavy atom. The molecule has 3 unspecified atom stereocenters. The van der Waals surface area contributed by atoms with E-state index in [2.05, 4.69) is 48.6 Å². The molecule has 2 aromatic rings. The molecule has 1 fully saturated rings. The fourth-order valence-corrected chi connectivity index (χ4v) is 2.71. The van der Waals surface area contributed by atoms with Crippen molar-refractivity contribution in [3.05, 3.63) is 71.3 Å². The molecule has 0 aliphatic heterocycles. The van der Waals surface area contributed by atoms with Gasteiger partial charge < -0.3 is 5.32 Å². The van der Waals surface area contributed by atoms with Crippen LogP contribution in [0.4, 0.5) is 0 Å². The first-order valence-electron chi connectivity index (χ1n) is 7.09. The van der Waals surface area contributed by atoms with Gasteiger partial charge in [0, 0.05) is 18.0 Å². The SMILES string of the molecule is CC(NC1CC1c1ccccc1)c1ccc(C#N)cc1. The minimum absolute atomic E-state index is 0.321. The number of benzene rings is 2. The predicted molar refractivity (Wildman–Crippen MR) is 80.3 cm³/mol. The lowest BCUT2D eigenvalue weighted by Crippen LogP contribution is -2.22. The summed E-state index contributed by atoms with van der Waals surface area (Å²) in [6.07, 6.45) is 1.21. The molecule has 2 aromatic carbocycles. The van der Waals surface area contributed by atoms with E-state index in [1.54, 1.807) is 0 Å². The molecule has 0 radical (unpaired) electrons. The van der Waals surface area contributed by atoms with Crippen LogP contribution in [0.3, 0.4) is 0 Å². The van der Waals surface area contributed by atoms with Gasteiger partial charge in [0.05, 0.1) is 11.6 Å². The summed E-state index contributed by atoms with van der Waals surface area (Å²) in [4.78, 5) is 0. The summed E-state index contributed by atoms with van der Waals surface area (Å²) >= 11 is 0. The van der Waals surface area contributed by atoms with Crippen LogP contribution in [-0.4, -0.2) is 6.04 Å². The van der Waals surface area contributed by atoms with Crippen molar-refractivity contribution in [2.45, 2.75) is 31.3 Å². The highest BCUT2D eigenvalue weighted by atomic mass is 15.0. The van der Waals surface area contributed by atoms with Crippen molar-refractivity contribution in [3.8, 4) is 6.07 Å². The van der Waals surface area contributed by atoms with Crippen molar-refractivity contribution in [3.63, 3.8) is 0 Å². The molecule has 0 saturated heterocycles. The Labute approximate surface area is 120 Å². The number of nitrogens with one attached hydrogen (secondary N) is 1. The first-order chi connectivity index (χ1) is 9.78. The van der Waals surface area contributed by atoms with E-state index in [1.165, 1.54) is 17.5 Å². The van der Waals surface area contributed by atoms with Gasteiger partial charge in [-0.3, -0.25) is 0 Å². The second-order valence-electron chi connectivity index (χ2n) is 5.48. The molecule has 3 rings (SSSR count). The second-order valence-corrected chi connectivity index (χ2v) is 5.48. The molecule has 0 bridgehead atoms. The summed E-state index contributed by atoms with van der Waals surface area (Å²) in [6, 6.07) is 21.6. The quantitative estimate of drug-likeness (QED) is 0.910. The van der Waals surface area contributed by atoms with E-state index < -0.39 is 0 Å². The molecule has 0 amide bonds. The number of nitriles is 1. The van der Waals surface area contributed by atoms with E-state index in [9.17, 15) is 0 Å². The normalized spacial score (nSPS) is 22.0. The third-order valence-electron chi connectivity index (χ3n) is 4.02. The Morgan fingerprint density at radius 3 is 2.45 bits per heavy atom. The van der Waals surface area contributed by atoms with Crippen molar-refractivity contribution in [2.75, 3.05) is 0 Å². The van der Waals surface area contributed by atoms with Gasteiger partial charge in [0.1, 0.15) is 0 Å². The third kappa shape index (κ3) is 2.74. The van der Waals surface area contributed by atoms with Crippen LogP contribution in [0.5, 0.6) is 0 Å². The van der Waals surface area contributed by atoms with Gasteiger partial charge in [0.2, 0.25) is 0 Å². The maximum Gasteiger partial charge on any atom is 0.0991 e. The molecular weight excluding hydrogens is 244 g/mol. The molecule has 0 spiro atoms. The molecule has 1 aliphatic rings. The van der Waals surface area contributed by atoms with Crippen LogP contribution in [0.2, 0.25) is 0 Å². The third-order valence-corrected chi connectivity index (χ3v) is 4.02. The van der Waals surface area contributed by atoms with Gasteiger partial charge in [-0.15, -0.1) is 0 Å². The molecule has 1 saturated carbocycles. The van der Waals surface area contributed by atoms with Gasteiger partial charge in [-0.25, -0.2) is 0 Å². The molecule has 20 heavy (non-hydrogen) atoms. The summed E-state index contributed by atoms with van der Waals surface area (Å²) in [5.74, 6) is 0.650. The molecule has 1 aliphatic carbocycles. The number of hydrogen-bond donors (Lipinski definition) is 1. The minimum Gasteiger partial charge on any atom is -0.307 e. The van der Waals surface area contributed by atoms with Crippen molar-refractivity contribution in [2.24, 2.45) is 0 Å². The molecule has 1 N–H and O–H groups in total. The lowest BCUT2D eigenvalue weighted by molar-refractivity contribution is 0.563. The molecule has 100 valence electrons. The number of nitrogens with zero attached hydrogens (tertiary/aromatic N) is 1. The first kappa shape index (κ1) is 12.9. The van der Waals surface area contributed by atoms with Crippen LogP contribution in [0, 0.1) is 11.3 Å². The average molecular weight is 262 g/mol. The minimum atomic E-state index is 0.321. The zero-order valence-electron chi connectivity index (χ0n) is 11.6. The fraction of sp³-hybridized carbons (Fsp3) is 0.278. The van der Waals surface area contributed by atoms with E-state index in [0.29, 0.717) is 18.0 Å². The maximum atomic E-state index is 8.82. The Balaban J connectivity index is 1.60. The topological polar surface area (TPSA) is 35.8 Å². The zero-order valence-corrected chi connectivity index (χ0v) is 11.6. The predicted octanol–water partition coefficient (Wildman–Crippen LogP) is 3.76. The monoisotopic (exact) mass is 262 g/mol. The smallest absolute Gasteiger partial charge is 0.0991 e. The highest BCUT2D eigenvalue weighted by Gasteiger charge is 2.38. The van der Waals surface area contributed by atoms with Crippen LogP contribution < -0.4 is 5.32 Å². The van der Waals surface area contributed by atoms with Crippen molar-refractivity contribution >= 4 is 0 Å². The molecule has 0 heterocycles. The summed E-state index contributed by atoms with van der Waals surface area (Å²) in [5, 5.41) is 12.5. The Bertz CT molecular complexity index is 610. The lowest BCUT2D eigenvalue weighted by Gasteiger charge is -2.14. The van der Waals surface area contributed by atoms with Crippen molar-refractivity contribution in [1.82, 2.24) is 5.32 Å². The summed E-state index contributed by atoms with van der Waals surface area (Å²) in [7, 11) is 0. The fourth-order valence-electron chi connectivity index (χ4n) is 2.71. The lowest BCUT2D eigenvalue weighted by atomic mass is 10.1. The maximum absolute atomic E-state index is 8.82. The zero-order chi connectivity index (χ0) is 13.9. The van der Waals surface area contributed by atoms with E-state index in [0.717, 1.165) is 5.56 Å². The van der Waals surface area contributed by atoms with E-state index >= 15 is 0 Å². The second kappa shape index (κ2) is 5.48. The first-order valence-corrected chi connectivity index (χ1v) is 7.09. The Hall–Kier alpha value is -2.11. The average Bonchev–Trinajstić information content (AvgIpc) is 3.27. The van der Waals surface area contributed by atoms with Crippen LogP contribution in [-0.2, 0) is 0 Å². The van der Waals surface area contributed by atoms with Gasteiger partial charge in [-0.05, 0) is 36.6 Å². The van der Waals surface area contributed by atoms with Crippen LogP contribution >= 0.6 is 0 Å². The molecule has 2 nitrogen and oxygen atoms in total. The molecule has 0 aromatic heterocycles. The van der Waals surface area contributed by atoms with Gasteiger partial charge in [0.15, 0.2) is 0 Å². The van der Waals surface area contributed by atoms with Gasteiger partial charge in [-0.1, -0.05) is 42.5 Å². The summed E-state index contributed by atoms with van der Waals surface area (Å²) in [6.45, 7) is 2.18. The summed E-state index contributed by atoms with van der Waals surface area (Å²) in [5.41, 5.74) is 3.38. The van der Waals surface area contributed by atoms with Gasteiger partial charge in [0.25, 0.3) is 0 Å². The largest absolute Gasteiger partial charge is 0.307 e. The van der Waals surface area contributed by atoms with E-state index in [4.69, 9.17) is 5.26 Å². The molecule has 2 heteroatoms. The highest BCUT2D eigenvalue weighted by Crippen LogP contribution is 2.41. The number of rotatable bonds is 4.